The average molecular weight is 324 g/mol. The van der Waals surface area contributed by atoms with E-state index in [1.807, 2.05) is 19.4 Å². The maximum atomic E-state index is 4.32. The lowest BCUT2D eigenvalue weighted by molar-refractivity contribution is 0.593. The molecule has 0 aliphatic rings. The average Bonchev–Trinajstić information content (AvgIpc) is 2.61. The molecule has 0 amide bonds. The molecule has 0 aliphatic heterocycles. The van der Waals surface area contributed by atoms with Gasteiger partial charge in [-0.25, -0.2) is 0 Å². The van der Waals surface area contributed by atoms with Crippen molar-refractivity contribution >= 4 is 5.96 Å². The molecule has 0 saturated carbocycles. The van der Waals surface area contributed by atoms with Crippen molar-refractivity contribution in [2.75, 3.05) is 13.6 Å². The van der Waals surface area contributed by atoms with Gasteiger partial charge in [0.25, 0.3) is 0 Å². The summed E-state index contributed by atoms with van der Waals surface area (Å²) >= 11 is 0. The van der Waals surface area contributed by atoms with E-state index in [1.165, 1.54) is 16.7 Å². The van der Waals surface area contributed by atoms with Crippen molar-refractivity contribution in [1.29, 1.82) is 0 Å². The third kappa shape index (κ3) is 6.03. The molecule has 128 valence electrons. The highest BCUT2D eigenvalue weighted by atomic mass is 15.2. The largest absolute Gasteiger partial charge is 0.356 e. The van der Waals surface area contributed by atoms with E-state index in [9.17, 15) is 0 Å². The molecule has 0 aliphatic carbocycles. The van der Waals surface area contributed by atoms with Gasteiger partial charge < -0.3 is 10.6 Å². The van der Waals surface area contributed by atoms with E-state index in [0.29, 0.717) is 6.04 Å². The van der Waals surface area contributed by atoms with E-state index in [-0.39, 0.29) is 0 Å². The number of aliphatic imine (C=N–C) groups is 1. The van der Waals surface area contributed by atoms with Crippen LogP contribution in [0.4, 0.5) is 0 Å². The third-order valence-corrected chi connectivity index (χ3v) is 4.14. The Morgan fingerprint density at radius 3 is 2.67 bits per heavy atom. The summed E-state index contributed by atoms with van der Waals surface area (Å²) < 4.78 is 0. The summed E-state index contributed by atoms with van der Waals surface area (Å²) in [6.07, 6.45) is 6.87. The third-order valence-electron chi connectivity index (χ3n) is 4.14. The molecule has 2 rings (SSSR count). The molecule has 1 atom stereocenters. The number of nitrogens with one attached hydrogen (secondary N) is 2. The minimum Gasteiger partial charge on any atom is -0.356 e. The van der Waals surface area contributed by atoms with Crippen LogP contribution in [0.2, 0.25) is 0 Å². The van der Waals surface area contributed by atoms with E-state index >= 15 is 0 Å². The molecule has 1 aromatic carbocycles. The first-order valence-electron chi connectivity index (χ1n) is 8.59. The van der Waals surface area contributed by atoms with Gasteiger partial charge in [-0.2, -0.15) is 0 Å². The smallest absolute Gasteiger partial charge is 0.191 e. The molecule has 24 heavy (non-hydrogen) atoms. The zero-order chi connectivity index (χ0) is 17.2. The Kier molecular flexibility index (Phi) is 7.27. The van der Waals surface area contributed by atoms with Crippen molar-refractivity contribution in [2.45, 2.75) is 39.2 Å². The lowest BCUT2D eigenvalue weighted by Gasteiger charge is -2.18. The van der Waals surface area contributed by atoms with Crippen LogP contribution in [0, 0.1) is 6.92 Å². The quantitative estimate of drug-likeness (QED) is 0.608. The lowest BCUT2D eigenvalue weighted by Crippen LogP contribution is -2.43. The van der Waals surface area contributed by atoms with Crippen LogP contribution in [0.3, 0.4) is 0 Å². The Morgan fingerprint density at radius 1 is 1.17 bits per heavy atom. The molecular weight excluding hydrogens is 296 g/mol. The van der Waals surface area contributed by atoms with Crippen LogP contribution in [0.1, 0.15) is 30.0 Å². The maximum absolute atomic E-state index is 4.32. The van der Waals surface area contributed by atoms with Gasteiger partial charge in [0.2, 0.25) is 0 Å². The number of rotatable bonds is 7. The number of guanidine groups is 1. The topological polar surface area (TPSA) is 49.3 Å². The van der Waals surface area contributed by atoms with Gasteiger partial charge in [-0.05, 0) is 55.9 Å². The Labute approximate surface area is 145 Å². The van der Waals surface area contributed by atoms with Crippen LogP contribution in [0.25, 0.3) is 0 Å². The number of aryl methyl sites for hydroxylation is 2. The van der Waals surface area contributed by atoms with Crippen molar-refractivity contribution in [3.63, 3.8) is 0 Å². The molecular formula is C20H28N4. The Morgan fingerprint density at radius 2 is 1.96 bits per heavy atom. The maximum Gasteiger partial charge on any atom is 0.191 e. The highest BCUT2D eigenvalue weighted by Crippen LogP contribution is 2.06. The van der Waals surface area contributed by atoms with Crippen molar-refractivity contribution < 1.29 is 0 Å². The number of benzene rings is 1. The van der Waals surface area contributed by atoms with Gasteiger partial charge in [0.1, 0.15) is 0 Å². The summed E-state index contributed by atoms with van der Waals surface area (Å²) in [7, 11) is 1.82. The van der Waals surface area contributed by atoms with Crippen LogP contribution in [-0.2, 0) is 12.8 Å². The van der Waals surface area contributed by atoms with E-state index in [4.69, 9.17) is 0 Å². The Hall–Kier alpha value is -2.36. The molecule has 0 saturated heterocycles. The Bertz CT molecular complexity index is 637. The highest BCUT2D eigenvalue weighted by Gasteiger charge is 2.06. The zero-order valence-electron chi connectivity index (χ0n) is 14.9. The molecule has 1 aromatic heterocycles. The molecule has 0 radical (unpaired) electrons. The Balaban J connectivity index is 1.72. The van der Waals surface area contributed by atoms with E-state index in [2.05, 4.69) is 70.9 Å². The van der Waals surface area contributed by atoms with Gasteiger partial charge in [-0.3, -0.25) is 9.98 Å². The predicted molar refractivity (Wildman–Crippen MR) is 101 cm³/mol. The summed E-state index contributed by atoms with van der Waals surface area (Å²) in [5.41, 5.74) is 3.94. The van der Waals surface area contributed by atoms with Crippen molar-refractivity contribution in [2.24, 2.45) is 4.99 Å². The van der Waals surface area contributed by atoms with Gasteiger partial charge >= 0.3 is 0 Å². The fourth-order valence-corrected chi connectivity index (χ4v) is 2.63. The predicted octanol–water partition coefficient (Wildman–Crippen LogP) is 3.12. The SMILES string of the molecule is CN=C(NCCc1ccncc1C)NC(C)CCc1ccccc1. The van der Waals surface area contributed by atoms with E-state index in [0.717, 1.165) is 31.8 Å². The standard InChI is InChI=1S/C20H28N4/c1-16-15-22-13-11-19(16)12-14-23-20(21-3)24-17(2)9-10-18-7-5-4-6-8-18/h4-8,11,13,15,17H,9-10,12,14H2,1-3H3,(H2,21,23,24). The summed E-state index contributed by atoms with van der Waals surface area (Å²) in [6.45, 7) is 5.15. The minimum atomic E-state index is 0.374. The molecule has 1 unspecified atom stereocenters. The summed E-state index contributed by atoms with van der Waals surface area (Å²) in [6, 6.07) is 13.0. The van der Waals surface area contributed by atoms with Gasteiger partial charge in [-0.1, -0.05) is 30.3 Å². The number of aromatic nitrogens is 1. The van der Waals surface area contributed by atoms with E-state index < -0.39 is 0 Å². The van der Waals surface area contributed by atoms with Crippen LogP contribution < -0.4 is 10.6 Å². The second-order valence-corrected chi connectivity index (χ2v) is 6.12. The first-order valence-corrected chi connectivity index (χ1v) is 8.59. The molecule has 1 heterocycles. The number of pyridine rings is 1. The summed E-state index contributed by atoms with van der Waals surface area (Å²) in [5.74, 6) is 0.863. The zero-order valence-corrected chi connectivity index (χ0v) is 14.9. The second-order valence-electron chi connectivity index (χ2n) is 6.12. The van der Waals surface area contributed by atoms with Crippen molar-refractivity contribution in [3.05, 3.63) is 65.5 Å². The van der Waals surface area contributed by atoms with Gasteiger partial charge in [0.15, 0.2) is 5.96 Å². The van der Waals surface area contributed by atoms with Crippen molar-refractivity contribution in [1.82, 2.24) is 15.6 Å². The normalized spacial score (nSPS) is 12.7. The lowest BCUT2D eigenvalue weighted by atomic mass is 10.1. The second kappa shape index (κ2) is 9.71. The van der Waals surface area contributed by atoms with Gasteiger partial charge in [-0.15, -0.1) is 0 Å². The molecule has 4 heteroatoms. The monoisotopic (exact) mass is 324 g/mol. The minimum absolute atomic E-state index is 0.374. The fraction of sp³-hybridized carbons (Fsp3) is 0.400. The number of nitrogens with zero attached hydrogens (tertiary/aromatic N) is 2. The molecule has 4 nitrogen and oxygen atoms in total. The summed E-state index contributed by atoms with van der Waals surface area (Å²) in [5, 5.41) is 6.86. The molecule has 0 spiro atoms. The molecule has 0 bridgehead atoms. The first kappa shape index (κ1) is 18.0. The number of hydrogen-bond acceptors (Lipinski definition) is 2. The van der Waals surface area contributed by atoms with Crippen LogP contribution >= 0.6 is 0 Å². The number of hydrogen-bond donors (Lipinski definition) is 2. The first-order chi connectivity index (χ1) is 11.7. The van der Waals surface area contributed by atoms with Gasteiger partial charge in [0.05, 0.1) is 0 Å². The fourth-order valence-electron chi connectivity index (χ4n) is 2.63. The summed E-state index contributed by atoms with van der Waals surface area (Å²) in [4.78, 5) is 8.45. The highest BCUT2D eigenvalue weighted by molar-refractivity contribution is 5.79. The van der Waals surface area contributed by atoms with Crippen LogP contribution in [0.5, 0.6) is 0 Å². The molecule has 2 N–H and O–H groups in total. The van der Waals surface area contributed by atoms with Gasteiger partial charge in [0, 0.05) is 32.0 Å². The van der Waals surface area contributed by atoms with Crippen molar-refractivity contribution in [3.8, 4) is 0 Å². The van der Waals surface area contributed by atoms with E-state index in [1.54, 1.807) is 0 Å². The molecule has 2 aromatic rings. The molecule has 0 fully saturated rings. The van der Waals surface area contributed by atoms with Crippen LogP contribution in [-0.4, -0.2) is 30.6 Å². The van der Waals surface area contributed by atoms with Crippen LogP contribution in [0.15, 0.2) is 53.8 Å².